The van der Waals surface area contributed by atoms with Gasteiger partial charge in [-0.25, -0.2) is 4.98 Å². The highest BCUT2D eigenvalue weighted by atomic mass is 32.2. The summed E-state index contributed by atoms with van der Waals surface area (Å²) in [5, 5.41) is 9.56. The van der Waals surface area contributed by atoms with Crippen molar-refractivity contribution in [1.82, 2.24) is 24.1 Å². The van der Waals surface area contributed by atoms with Crippen LogP contribution in [0.3, 0.4) is 0 Å². The number of hydrogen-bond acceptors (Lipinski definition) is 5. The van der Waals surface area contributed by atoms with Crippen molar-refractivity contribution in [1.29, 1.82) is 0 Å². The number of pyridine rings is 1. The highest BCUT2D eigenvalue weighted by Crippen LogP contribution is 2.24. The molecule has 3 aromatic heterocycles. The van der Waals surface area contributed by atoms with Gasteiger partial charge in [0.05, 0.1) is 5.69 Å². The van der Waals surface area contributed by atoms with E-state index in [2.05, 4.69) is 41.7 Å². The minimum absolute atomic E-state index is 0.361. The number of benzene rings is 1. The molecule has 0 saturated heterocycles. The van der Waals surface area contributed by atoms with Crippen LogP contribution in [-0.2, 0) is 18.9 Å². The molecule has 0 aliphatic heterocycles. The fraction of sp³-hybridized carbons (Fsp3) is 0.227. The summed E-state index contributed by atoms with van der Waals surface area (Å²) >= 11 is 1.61. The van der Waals surface area contributed by atoms with Crippen molar-refractivity contribution in [2.24, 2.45) is 0 Å². The normalized spacial score (nSPS) is 11.1. The highest BCUT2D eigenvalue weighted by molar-refractivity contribution is 7.98. The summed E-state index contributed by atoms with van der Waals surface area (Å²) in [6.07, 6.45) is 5.89. The molecule has 7 heteroatoms. The van der Waals surface area contributed by atoms with Gasteiger partial charge in [0.2, 0.25) is 0 Å². The summed E-state index contributed by atoms with van der Waals surface area (Å²) in [6, 6.07) is 12.0. The second-order valence-electron chi connectivity index (χ2n) is 6.77. The summed E-state index contributed by atoms with van der Waals surface area (Å²) < 4.78 is 10.1. The van der Waals surface area contributed by atoms with Crippen LogP contribution in [0.15, 0.2) is 66.6 Å². The number of ether oxygens (including phenoxy) is 1. The van der Waals surface area contributed by atoms with Crippen molar-refractivity contribution in [3.05, 3.63) is 84.1 Å². The van der Waals surface area contributed by atoms with Gasteiger partial charge in [-0.1, -0.05) is 36.0 Å². The molecule has 0 aliphatic carbocycles. The molecule has 0 unspecified atom stereocenters. The van der Waals surface area contributed by atoms with E-state index in [1.807, 2.05) is 57.8 Å². The molecule has 0 spiro atoms. The van der Waals surface area contributed by atoms with Crippen molar-refractivity contribution in [2.45, 2.75) is 37.9 Å². The van der Waals surface area contributed by atoms with E-state index >= 15 is 0 Å². The lowest BCUT2D eigenvalue weighted by atomic mass is 10.1. The molecule has 4 rings (SSSR count). The molecule has 148 valence electrons. The van der Waals surface area contributed by atoms with Crippen molar-refractivity contribution in [3.8, 4) is 5.75 Å². The number of aryl methyl sites for hydroxylation is 1. The Labute approximate surface area is 174 Å². The topological polar surface area (TPSA) is 57.2 Å². The number of rotatable bonds is 8. The van der Waals surface area contributed by atoms with Gasteiger partial charge in [-0.3, -0.25) is 4.57 Å². The number of allylic oxidation sites excluding steroid dienone is 1. The maximum absolute atomic E-state index is 6.02. The van der Waals surface area contributed by atoms with Crippen LogP contribution in [-0.4, -0.2) is 24.1 Å². The van der Waals surface area contributed by atoms with E-state index < -0.39 is 0 Å². The summed E-state index contributed by atoms with van der Waals surface area (Å²) in [5.74, 6) is 2.37. The van der Waals surface area contributed by atoms with E-state index in [-0.39, 0.29) is 0 Å². The Bertz CT molecular complexity index is 1110. The maximum Gasteiger partial charge on any atom is 0.191 e. The Kier molecular flexibility index (Phi) is 5.67. The van der Waals surface area contributed by atoms with Gasteiger partial charge in [0.15, 0.2) is 11.0 Å². The molecule has 0 amide bonds. The van der Waals surface area contributed by atoms with Crippen LogP contribution >= 0.6 is 11.8 Å². The third-order valence-electron chi connectivity index (χ3n) is 4.78. The molecule has 0 radical (unpaired) electrons. The molecule has 0 atom stereocenters. The largest absolute Gasteiger partial charge is 0.485 e. The van der Waals surface area contributed by atoms with Gasteiger partial charge in [0.25, 0.3) is 0 Å². The summed E-state index contributed by atoms with van der Waals surface area (Å²) in [7, 11) is 0. The zero-order chi connectivity index (χ0) is 20.2. The molecule has 0 N–H and O–H groups in total. The molecule has 0 fully saturated rings. The quantitative estimate of drug-likeness (QED) is 0.317. The number of thioether (sulfide) groups is 1. The zero-order valence-electron chi connectivity index (χ0n) is 16.6. The first kappa shape index (κ1) is 19.3. The fourth-order valence-electron chi connectivity index (χ4n) is 3.06. The minimum atomic E-state index is 0.361. The van der Waals surface area contributed by atoms with Crippen LogP contribution in [0.1, 0.15) is 22.6 Å². The lowest BCUT2D eigenvalue weighted by Gasteiger charge is -2.11. The third kappa shape index (κ3) is 4.19. The first-order valence-corrected chi connectivity index (χ1v) is 10.4. The van der Waals surface area contributed by atoms with Gasteiger partial charge in [-0.05, 0) is 43.2 Å². The summed E-state index contributed by atoms with van der Waals surface area (Å²) in [4.78, 5) is 4.64. The predicted molar refractivity (Wildman–Crippen MR) is 115 cm³/mol. The standard InChI is InChI=1S/C22H23N5OS/c1-4-11-27-21(14-28-19-9-7-8-16(2)17(19)3)24-25-22(27)29-15-18-13-26-12-6-5-10-20(26)23-18/h4-10,12-13H,1,11,14-15H2,2-3H3. The smallest absolute Gasteiger partial charge is 0.191 e. The Morgan fingerprint density at radius 2 is 2.03 bits per heavy atom. The van der Waals surface area contributed by atoms with Gasteiger partial charge in [0.1, 0.15) is 18.0 Å². The van der Waals surface area contributed by atoms with Crippen LogP contribution in [0.5, 0.6) is 5.75 Å². The number of fused-ring (bicyclic) bond motifs is 1. The zero-order valence-corrected chi connectivity index (χ0v) is 17.4. The SMILES string of the molecule is C=CCn1c(COc2cccc(C)c2C)nnc1SCc1cn2ccccc2n1. The van der Waals surface area contributed by atoms with Crippen LogP contribution < -0.4 is 4.74 Å². The Hall–Kier alpha value is -3.06. The molecule has 3 heterocycles. The Morgan fingerprint density at radius 1 is 1.14 bits per heavy atom. The van der Waals surface area contributed by atoms with E-state index in [9.17, 15) is 0 Å². The molecule has 6 nitrogen and oxygen atoms in total. The first-order chi connectivity index (χ1) is 14.2. The summed E-state index contributed by atoms with van der Waals surface area (Å²) in [6.45, 7) is 9.00. The van der Waals surface area contributed by atoms with Crippen LogP contribution in [0.2, 0.25) is 0 Å². The first-order valence-electron chi connectivity index (χ1n) is 9.43. The fourth-order valence-corrected chi connectivity index (χ4v) is 3.91. The Balaban J connectivity index is 1.48. The van der Waals surface area contributed by atoms with Crippen molar-refractivity contribution >= 4 is 17.4 Å². The lowest BCUT2D eigenvalue weighted by Crippen LogP contribution is -2.08. The number of aromatic nitrogens is 5. The molecule has 1 aromatic carbocycles. The van der Waals surface area contributed by atoms with Gasteiger partial charge < -0.3 is 9.14 Å². The van der Waals surface area contributed by atoms with E-state index in [4.69, 9.17) is 4.74 Å². The maximum atomic E-state index is 6.02. The minimum Gasteiger partial charge on any atom is -0.485 e. The molecule has 4 aromatic rings. The molecule has 29 heavy (non-hydrogen) atoms. The van der Waals surface area contributed by atoms with E-state index in [0.717, 1.165) is 39.4 Å². The number of imidazole rings is 1. The van der Waals surface area contributed by atoms with Gasteiger partial charge in [0, 0.05) is 24.7 Å². The lowest BCUT2D eigenvalue weighted by molar-refractivity contribution is 0.287. The van der Waals surface area contributed by atoms with E-state index in [0.29, 0.717) is 13.2 Å². The molecule has 0 bridgehead atoms. The van der Waals surface area contributed by atoms with Gasteiger partial charge >= 0.3 is 0 Å². The van der Waals surface area contributed by atoms with Crippen LogP contribution in [0.4, 0.5) is 0 Å². The molecule has 0 aliphatic rings. The molecular weight excluding hydrogens is 382 g/mol. The van der Waals surface area contributed by atoms with Gasteiger partial charge in [-0.2, -0.15) is 0 Å². The second kappa shape index (κ2) is 8.53. The third-order valence-corrected chi connectivity index (χ3v) is 5.78. The molecular formula is C22H23N5OS. The van der Waals surface area contributed by atoms with Crippen LogP contribution in [0, 0.1) is 13.8 Å². The number of hydrogen-bond donors (Lipinski definition) is 0. The van der Waals surface area contributed by atoms with E-state index in [1.165, 1.54) is 5.56 Å². The van der Waals surface area contributed by atoms with Crippen molar-refractivity contribution < 1.29 is 4.74 Å². The Morgan fingerprint density at radius 3 is 2.86 bits per heavy atom. The van der Waals surface area contributed by atoms with Gasteiger partial charge in [-0.15, -0.1) is 16.8 Å². The average Bonchev–Trinajstić information content (AvgIpc) is 3.31. The molecule has 0 saturated carbocycles. The monoisotopic (exact) mass is 405 g/mol. The van der Waals surface area contributed by atoms with Crippen molar-refractivity contribution in [2.75, 3.05) is 0 Å². The average molecular weight is 406 g/mol. The van der Waals surface area contributed by atoms with Crippen molar-refractivity contribution in [3.63, 3.8) is 0 Å². The van der Waals surface area contributed by atoms with E-state index in [1.54, 1.807) is 11.8 Å². The highest BCUT2D eigenvalue weighted by Gasteiger charge is 2.14. The predicted octanol–water partition coefficient (Wildman–Crippen LogP) is 4.60. The number of nitrogens with zero attached hydrogens (tertiary/aromatic N) is 5. The second-order valence-corrected chi connectivity index (χ2v) is 7.71. The van der Waals surface area contributed by atoms with Crippen LogP contribution in [0.25, 0.3) is 5.65 Å². The summed E-state index contributed by atoms with van der Waals surface area (Å²) in [5.41, 5.74) is 4.29.